The monoisotopic (exact) mass is 380 g/mol. The molecule has 0 unspecified atom stereocenters. The van der Waals surface area contributed by atoms with Gasteiger partial charge in [0.2, 0.25) is 5.91 Å². The first-order valence-corrected chi connectivity index (χ1v) is 8.19. The van der Waals surface area contributed by atoms with Gasteiger partial charge in [0, 0.05) is 33.8 Å². The second-order valence-electron chi connectivity index (χ2n) is 5.15. The topological polar surface area (TPSA) is 41.1 Å². The molecular weight excluding hydrogens is 364 g/mol. The van der Waals surface area contributed by atoms with Crippen molar-refractivity contribution in [2.45, 2.75) is 20.3 Å². The molecule has 0 aliphatic rings. The van der Waals surface area contributed by atoms with Crippen molar-refractivity contribution in [3.05, 3.63) is 57.0 Å². The van der Waals surface area contributed by atoms with Crippen LogP contribution in [0.4, 0.5) is 11.4 Å². The highest BCUT2D eigenvalue weighted by Crippen LogP contribution is 2.21. The number of benzene rings is 2. The third-order valence-corrected chi connectivity index (χ3v) is 4.40. The Morgan fingerprint density at radius 2 is 1.91 bits per heavy atom. The van der Waals surface area contributed by atoms with E-state index >= 15 is 0 Å². The van der Waals surface area contributed by atoms with Crippen LogP contribution in [0.25, 0.3) is 0 Å². The van der Waals surface area contributed by atoms with Gasteiger partial charge in [-0.3, -0.25) is 4.79 Å². The highest BCUT2D eigenvalue weighted by atomic mass is 79.9. The number of anilines is 2. The number of carbonyl (C=O) groups excluding carboxylic acids is 1. The number of amides is 1. The third-order valence-electron chi connectivity index (χ3n) is 3.31. The van der Waals surface area contributed by atoms with E-state index < -0.39 is 0 Å². The van der Waals surface area contributed by atoms with E-state index in [4.69, 9.17) is 11.6 Å². The van der Waals surface area contributed by atoms with E-state index in [1.54, 1.807) is 0 Å². The maximum atomic E-state index is 12.0. The summed E-state index contributed by atoms with van der Waals surface area (Å²) in [6, 6.07) is 11.4. The Balaban J connectivity index is 1.83. The van der Waals surface area contributed by atoms with E-state index in [0.717, 1.165) is 27.0 Å². The predicted octanol–water partition coefficient (Wildman–Crippen LogP) is 5.16. The first-order chi connectivity index (χ1) is 10.5. The highest BCUT2D eigenvalue weighted by Gasteiger charge is 2.05. The first-order valence-electron chi connectivity index (χ1n) is 7.02. The van der Waals surface area contributed by atoms with Crippen molar-refractivity contribution in [1.82, 2.24) is 0 Å². The number of hydrogen-bond acceptors (Lipinski definition) is 2. The molecule has 3 nitrogen and oxygen atoms in total. The lowest BCUT2D eigenvalue weighted by Gasteiger charge is -2.10. The Morgan fingerprint density at radius 3 is 2.59 bits per heavy atom. The molecule has 0 aliphatic carbocycles. The second kappa shape index (κ2) is 7.65. The van der Waals surface area contributed by atoms with Crippen LogP contribution in [0, 0.1) is 13.8 Å². The van der Waals surface area contributed by atoms with Crippen LogP contribution in [-0.2, 0) is 4.79 Å². The minimum Gasteiger partial charge on any atom is -0.384 e. The molecule has 0 saturated heterocycles. The third kappa shape index (κ3) is 4.75. The summed E-state index contributed by atoms with van der Waals surface area (Å²) < 4.78 is 0.986. The number of nitrogens with one attached hydrogen (secondary N) is 2. The van der Waals surface area contributed by atoms with E-state index in [-0.39, 0.29) is 5.91 Å². The van der Waals surface area contributed by atoms with Gasteiger partial charge in [-0.2, -0.15) is 0 Å². The zero-order valence-corrected chi connectivity index (χ0v) is 14.9. The molecule has 0 fully saturated rings. The minimum atomic E-state index is -0.0186. The SMILES string of the molecule is Cc1ccc(NC(=O)CCNc2ccc(Cl)cc2C)cc1Br. The Hall–Kier alpha value is -1.52. The summed E-state index contributed by atoms with van der Waals surface area (Å²) in [6.07, 6.45) is 0.396. The zero-order chi connectivity index (χ0) is 16.1. The van der Waals surface area contributed by atoms with Gasteiger partial charge in [-0.05, 0) is 55.3 Å². The fraction of sp³-hybridized carbons (Fsp3) is 0.235. The fourth-order valence-electron chi connectivity index (χ4n) is 2.03. The Kier molecular flexibility index (Phi) is 5.86. The summed E-state index contributed by atoms with van der Waals surface area (Å²) in [7, 11) is 0. The predicted molar refractivity (Wildman–Crippen MR) is 96.8 cm³/mol. The number of hydrogen-bond donors (Lipinski definition) is 2. The number of carbonyl (C=O) groups is 1. The van der Waals surface area contributed by atoms with Crippen molar-refractivity contribution in [2.24, 2.45) is 0 Å². The molecule has 0 saturated carbocycles. The van der Waals surface area contributed by atoms with Gasteiger partial charge in [0.05, 0.1) is 0 Å². The van der Waals surface area contributed by atoms with Gasteiger partial charge in [-0.25, -0.2) is 0 Å². The number of halogens is 2. The van der Waals surface area contributed by atoms with Crippen LogP contribution in [0.5, 0.6) is 0 Å². The molecule has 1 amide bonds. The molecule has 0 heterocycles. The van der Waals surface area contributed by atoms with E-state index in [1.165, 1.54) is 0 Å². The van der Waals surface area contributed by atoms with Crippen LogP contribution in [0.15, 0.2) is 40.9 Å². The van der Waals surface area contributed by atoms with Crippen molar-refractivity contribution in [2.75, 3.05) is 17.2 Å². The van der Waals surface area contributed by atoms with Crippen LogP contribution in [0.1, 0.15) is 17.5 Å². The summed E-state index contributed by atoms with van der Waals surface area (Å²) >= 11 is 9.38. The molecule has 0 aromatic heterocycles. The van der Waals surface area contributed by atoms with Crippen molar-refractivity contribution < 1.29 is 4.79 Å². The van der Waals surface area contributed by atoms with Crippen LogP contribution in [0.3, 0.4) is 0 Å². The highest BCUT2D eigenvalue weighted by molar-refractivity contribution is 9.10. The van der Waals surface area contributed by atoms with Crippen molar-refractivity contribution in [3.8, 4) is 0 Å². The molecule has 0 aliphatic heterocycles. The van der Waals surface area contributed by atoms with E-state index in [2.05, 4.69) is 26.6 Å². The summed E-state index contributed by atoms with van der Waals surface area (Å²) in [5.41, 5.74) is 3.99. The average molecular weight is 382 g/mol. The van der Waals surface area contributed by atoms with Gasteiger partial charge in [0.1, 0.15) is 0 Å². The quantitative estimate of drug-likeness (QED) is 0.751. The fourth-order valence-corrected chi connectivity index (χ4v) is 2.64. The van der Waals surface area contributed by atoms with E-state index in [0.29, 0.717) is 18.0 Å². The summed E-state index contributed by atoms with van der Waals surface area (Å²) in [4.78, 5) is 12.0. The van der Waals surface area contributed by atoms with Gasteiger partial charge in [-0.15, -0.1) is 0 Å². The lowest BCUT2D eigenvalue weighted by atomic mass is 10.2. The Bertz CT molecular complexity index is 688. The van der Waals surface area contributed by atoms with E-state index in [1.807, 2.05) is 50.2 Å². The minimum absolute atomic E-state index is 0.0186. The molecule has 22 heavy (non-hydrogen) atoms. The normalized spacial score (nSPS) is 10.4. The van der Waals surface area contributed by atoms with Gasteiger partial charge >= 0.3 is 0 Å². The largest absolute Gasteiger partial charge is 0.384 e. The van der Waals surface area contributed by atoms with Crippen molar-refractivity contribution in [1.29, 1.82) is 0 Å². The smallest absolute Gasteiger partial charge is 0.226 e. The number of rotatable bonds is 5. The van der Waals surface area contributed by atoms with Gasteiger partial charge < -0.3 is 10.6 Å². The maximum Gasteiger partial charge on any atom is 0.226 e. The number of aryl methyl sites for hydroxylation is 2. The molecule has 2 aromatic rings. The van der Waals surface area contributed by atoms with Gasteiger partial charge in [-0.1, -0.05) is 33.6 Å². The zero-order valence-electron chi connectivity index (χ0n) is 12.5. The molecule has 0 atom stereocenters. The Labute approximate surface area is 144 Å². The molecule has 0 bridgehead atoms. The van der Waals surface area contributed by atoms with Gasteiger partial charge in [0.15, 0.2) is 0 Å². The summed E-state index contributed by atoms with van der Waals surface area (Å²) in [6.45, 7) is 4.56. The summed E-state index contributed by atoms with van der Waals surface area (Å²) in [5, 5.41) is 6.85. The molecule has 116 valence electrons. The first kappa shape index (κ1) is 16.8. The van der Waals surface area contributed by atoms with E-state index in [9.17, 15) is 4.79 Å². The average Bonchev–Trinajstić information content (AvgIpc) is 2.45. The van der Waals surface area contributed by atoms with Crippen LogP contribution in [0.2, 0.25) is 5.02 Å². The van der Waals surface area contributed by atoms with Crippen LogP contribution < -0.4 is 10.6 Å². The molecule has 0 spiro atoms. The molecule has 2 aromatic carbocycles. The lowest BCUT2D eigenvalue weighted by molar-refractivity contribution is -0.115. The molecular formula is C17H18BrClN2O. The van der Waals surface area contributed by atoms with Crippen molar-refractivity contribution >= 4 is 44.8 Å². The van der Waals surface area contributed by atoms with Crippen LogP contribution in [-0.4, -0.2) is 12.5 Å². The maximum absolute atomic E-state index is 12.0. The standard InChI is InChI=1S/C17H18BrClN2O/c1-11-3-5-14(10-15(11)18)21-17(22)7-8-20-16-6-4-13(19)9-12(16)2/h3-6,9-10,20H,7-8H2,1-2H3,(H,21,22). The summed E-state index contributed by atoms with van der Waals surface area (Å²) in [5.74, 6) is -0.0186. The van der Waals surface area contributed by atoms with Crippen LogP contribution >= 0.6 is 27.5 Å². The van der Waals surface area contributed by atoms with Gasteiger partial charge in [0.25, 0.3) is 0 Å². The molecule has 0 radical (unpaired) electrons. The Morgan fingerprint density at radius 1 is 1.14 bits per heavy atom. The van der Waals surface area contributed by atoms with Crippen molar-refractivity contribution in [3.63, 3.8) is 0 Å². The molecule has 2 rings (SSSR count). The second-order valence-corrected chi connectivity index (χ2v) is 6.44. The lowest BCUT2D eigenvalue weighted by Crippen LogP contribution is -2.16. The molecule has 2 N–H and O–H groups in total. The molecule has 5 heteroatoms.